The van der Waals surface area contributed by atoms with Crippen LogP contribution >= 0.6 is 0 Å². The molecule has 0 saturated heterocycles. The predicted molar refractivity (Wildman–Crippen MR) is 238 cm³/mol. The third-order valence-electron chi connectivity index (χ3n) is 8.87. The second-order valence-electron chi connectivity index (χ2n) is 15.4. The molecule has 0 aliphatic heterocycles. The van der Waals surface area contributed by atoms with Crippen molar-refractivity contribution < 1.29 is 33.1 Å². The number of aliphatic hydroxyl groups excluding tert-OH is 2. The molecule has 0 saturated carbocycles. The topological polar surface area (TPSA) is 66.2 Å². The molecule has 293 valence electrons. The number of aromatic nitrogens is 2. The van der Waals surface area contributed by atoms with Gasteiger partial charge in [-0.15, -0.1) is 70.8 Å². The molecule has 0 fully saturated rings. The van der Waals surface area contributed by atoms with E-state index in [0.717, 1.165) is 59.0 Å². The molecule has 0 bridgehead atoms. The number of hydrogen-bond acceptors (Lipinski definition) is 4. The van der Waals surface area contributed by atoms with Gasteiger partial charge in [-0.05, 0) is 44.7 Å². The molecule has 0 amide bonds. The minimum Gasteiger partial charge on any atom is -0.400 e. The van der Waals surface area contributed by atoms with Gasteiger partial charge in [0.25, 0.3) is 0 Å². The Hall–Kier alpha value is -3.82. The predicted octanol–water partition coefficient (Wildman–Crippen LogP) is 11.0. The van der Waals surface area contributed by atoms with Crippen molar-refractivity contribution in [3.05, 3.63) is 145 Å². The summed E-state index contributed by atoms with van der Waals surface area (Å²) in [5.41, 5.74) is 10.6. The summed E-state index contributed by atoms with van der Waals surface area (Å²) >= 11 is 0. The molecule has 0 aliphatic rings. The monoisotopic (exact) mass is 947 g/mol. The molecule has 6 rings (SSSR count). The molecule has 1 radical (unpaired) electrons. The smallest absolute Gasteiger partial charge is 0.0799 e. The summed E-state index contributed by atoms with van der Waals surface area (Å²) in [6, 6.07) is 43.8. The number of nitrogens with zero attached hydrogens (tertiary/aromatic N) is 2. The van der Waals surface area contributed by atoms with Crippen LogP contribution in [0.4, 0.5) is 0 Å². The molecule has 0 atom stereocenters. The molecule has 0 spiro atoms. The van der Waals surface area contributed by atoms with E-state index in [1.54, 1.807) is 0 Å². The van der Waals surface area contributed by atoms with Crippen LogP contribution in [-0.4, -0.2) is 50.5 Å². The number of benzene rings is 4. The maximum absolute atomic E-state index is 8.61. The van der Waals surface area contributed by atoms with Gasteiger partial charge in [0, 0.05) is 49.5 Å². The Morgan fingerprint density at radius 1 is 0.509 bits per heavy atom. The van der Waals surface area contributed by atoms with Crippen LogP contribution in [-0.2, 0) is 20.1 Å². The van der Waals surface area contributed by atoms with Crippen molar-refractivity contribution in [2.75, 3.05) is 14.2 Å². The molecule has 7 heteroatoms. The zero-order chi connectivity index (χ0) is 41.9. The molecular weight excluding hydrogens is 885 g/mol. The van der Waals surface area contributed by atoms with Crippen molar-refractivity contribution in [3.63, 3.8) is 0 Å². The fourth-order valence-electron chi connectivity index (χ4n) is 6.08. The number of pyridine rings is 2. The largest absolute Gasteiger partial charge is 0.400 e. The number of rotatable bonds is 8. The van der Waals surface area contributed by atoms with E-state index in [-0.39, 0.29) is 20.1 Å². The quantitative estimate of drug-likeness (QED) is 0.118. The first-order chi connectivity index (χ1) is 26.3. The fourth-order valence-corrected chi connectivity index (χ4v) is 9.24. The van der Waals surface area contributed by atoms with Crippen LogP contribution in [0.1, 0.15) is 53.4 Å². The Balaban J connectivity index is 0.000000356. The van der Waals surface area contributed by atoms with Crippen LogP contribution in [0.5, 0.6) is 0 Å². The Kier molecular flexibility index (Phi) is 17.6. The Morgan fingerprint density at radius 3 is 1.13 bits per heavy atom. The molecule has 0 unspecified atom stereocenters. The summed E-state index contributed by atoms with van der Waals surface area (Å²) in [7, 11) is -1.14. The average molecular weight is 947 g/mol. The summed E-state index contributed by atoms with van der Waals surface area (Å²) in [5, 5.41) is 16.5. The SMILES string of the molecule is CO.CO.[2H]C(C)(C)c1cc(-c2[c-]ccc(-c3ccccc3)c2)ncc1[Si](C)(C)C.[2H]C(C)(C)c1cc(-c2[c-]ccc(-c3ccccc3)c2)ncc1[Si](C)(C)C.[Ir]. The van der Waals surface area contributed by atoms with Crippen molar-refractivity contribution in [1.29, 1.82) is 0 Å². The Bertz CT molecular complexity index is 1990. The van der Waals surface area contributed by atoms with Crippen LogP contribution < -0.4 is 10.4 Å². The molecule has 0 aliphatic carbocycles. The standard InChI is InChI=1S/2C23H26NSi.2CH4O.Ir/c2*1-17(2)21-15-22(24-16-23(21)25(3,4)5)20-13-9-12-19(14-20)18-10-7-6-8-11-18;2*1-2;/h2*6-12,14-17H,1-5H3;2*2H,1H3;/q2*-1;;;/i2*17D;;;. The van der Waals surface area contributed by atoms with Gasteiger partial charge in [0.2, 0.25) is 0 Å². The minimum atomic E-state index is -1.57. The Morgan fingerprint density at radius 2 is 0.836 bits per heavy atom. The molecule has 55 heavy (non-hydrogen) atoms. The fraction of sp³-hybridized carbons (Fsp3) is 0.292. The van der Waals surface area contributed by atoms with E-state index in [2.05, 4.69) is 112 Å². The normalized spacial score (nSPS) is 11.8. The van der Waals surface area contributed by atoms with Gasteiger partial charge in [0.05, 0.1) is 16.1 Å². The van der Waals surface area contributed by atoms with Gasteiger partial charge in [-0.25, -0.2) is 0 Å². The Labute approximate surface area is 350 Å². The molecule has 4 aromatic carbocycles. The maximum Gasteiger partial charge on any atom is 0.0799 e. The summed E-state index contributed by atoms with van der Waals surface area (Å²) in [6.45, 7) is 21.7. The molecule has 2 heterocycles. The minimum absolute atomic E-state index is 0. The van der Waals surface area contributed by atoms with E-state index in [1.165, 1.54) is 21.5 Å². The third-order valence-corrected chi connectivity index (χ3v) is 12.9. The zero-order valence-electron chi connectivity index (χ0n) is 36.7. The second-order valence-corrected chi connectivity index (χ2v) is 25.5. The molecule has 2 N–H and O–H groups in total. The van der Waals surface area contributed by atoms with E-state index in [1.807, 2.05) is 88.6 Å². The number of hydrogen-bond donors (Lipinski definition) is 2. The van der Waals surface area contributed by atoms with Gasteiger partial charge in [-0.3, -0.25) is 0 Å². The first-order valence-electron chi connectivity index (χ1n) is 19.4. The number of aliphatic hydroxyl groups is 2. The van der Waals surface area contributed by atoms with Crippen LogP contribution in [0.25, 0.3) is 44.8 Å². The summed E-state index contributed by atoms with van der Waals surface area (Å²) in [6.07, 6.45) is 3.99. The molecule has 6 aromatic rings. The van der Waals surface area contributed by atoms with Crippen LogP contribution in [0.2, 0.25) is 39.3 Å². The van der Waals surface area contributed by atoms with Gasteiger partial charge >= 0.3 is 0 Å². The van der Waals surface area contributed by atoms with Gasteiger partial charge < -0.3 is 20.2 Å². The van der Waals surface area contributed by atoms with E-state index >= 15 is 0 Å². The first kappa shape index (κ1) is 43.9. The maximum atomic E-state index is 8.61. The van der Waals surface area contributed by atoms with E-state index in [4.69, 9.17) is 22.9 Å². The third kappa shape index (κ3) is 13.1. The van der Waals surface area contributed by atoms with E-state index < -0.39 is 27.9 Å². The summed E-state index contributed by atoms with van der Waals surface area (Å²) in [4.78, 5) is 9.49. The first-order valence-corrected chi connectivity index (χ1v) is 25.4. The van der Waals surface area contributed by atoms with E-state index in [0.29, 0.717) is 0 Å². The van der Waals surface area contributed by atoms with Crippen molar-refractivity contribution in [3.8, 4) is 44.8 Å². The zero-order valence-corrected chi connectivity index (χ0v) is 39.1. The molecular formula is C48H60IrN2O2Si2-2. The van der Waals surface area contributed by atoms with Gasteiger partial charge in [0.1, 0.15) is 0 Å². The van der Waals surface area contributed by atoms with Crippen molar-refractivity contribution in [2.45, 2.75) is 78.8 Å². The van der Waals surface area contributed by atoms with Crippen molar-refractivity contribution in [2.24, 2.45) is 0 Å². The van der Waals surface area contributed by atoms with Gasteiger partial charge in [-0.2, -0.15) is 0 Å². The second kappa shape index (κ2) is 22.1. The van der Waals surface area contributed by atoms with Crippen molar-refractivity contribution >= 4 is 26.5 Å². The molecule has 2 aromatic heterocycles. The summed E-state index contributed by atoms with van der Waals surface area (Å²) in [5.74, 6) is -1.30. The van der Waals surface area contributed by atoms with Gasteiger partial charge in [-0.1, -0.05) is 151 Å². The van der Waals surface area contributed by atoms with Crippen LogP contribution in [0.15, 0.2) is 122 Å². The van der Waals surface area contributed by atoms with Crippen LogP contribution in [0, 0.1) is 12.1 Å². The summed E-state index contributed by atoms with van der Waals surface area (Å²) < 4.78 is 17.2. The van der Waals surface area contributed by atoms with E-state index in [9.17, 15) is 0 Å². The van der Waals surface area contributed by atoms with Crippen molar-refractivity contribution in [1.82, 2.24) is 9.97 Å². The van der Waals surface area contributed by atoms with Gasteiger partial charge in [0.15, 0.2) is 0 Å². The van der Waals surface area contributed by atoms with Crippen LogP contribution in [0.3, 0.4) is 0 Å². The average Bonchev–Trinajstić information content (AvgIpc) is 3.19. The molecule has 4 nitrogen and oxygen atoms in total.